The Balaban J connectivity index is 2.08. The summed E-state index contributed by atoms with van der Waals surface area (Å²) in [5, 5.41) is 45.7. The second-order valence-corrected chi connectivity index (χ2v) is 4.49. The fraction of sp³-hybridized carbons (Fsp3) is 0.500. The van der Waals surface area contributed by atoms with Crippen LogP contribution in [0, 0.1) is 5.41 Å². The number of aliphatic hydroxyl groups is 3. The van der Waals surface area contributed by atoms with Gasteiger partial charge in [0.1, 0.15) is 24.6 Å². The minimum absolute atomic E-state index is 0.118. The monoisotopic (exact) mass is 286 g/mol. The van der Waals surface area contributed by atoms with E-state index in [1.165, 1.54) is 10.9 Å². The molecule has 0 unspecified atom stereocenters. The van der Waals surface area contributed by atoms with E-state index in [9.17, 15) is 15.4 Å². The number of aliphatic hydroxyl groups excluding tert-OH is 3. The van der Waals surface area contributed by atoms with Gasteiger partial charge in [-0.1, -0.05) is 0 Å². The number of hydrogen-bond acceptors (Lipinski definition) is 8. The number of nitrogens with zero attached hydrogens (tertiary/aromatic N) is 4. The maximum Gasteiger partial charge on any atom is 0.192 e. The van der Waals surface area contributed by atoms with Gasteiger partial charge >= 0.3 is 0 Å². The Morgan fingerprint density at radius 2 is 2.00 bits per heavy atom. The third kappa shape index (κ3) is 1.70. The molecule has 2 aromatic rings. The van der Waals surface area contributed by atoms with Gasteiger partial charge < -0.3 is 25.3 Å². The number of fused-ring (bicyclic) bond motifs is 1. The van der Waals surface area contributed by atoms with E-state index >= 15 is 0 Å². The van der Waals surface area contributed by atoms with Crippen molar-refractivity contribution in [2.75, 3.05) is 6.61 Å². The van der Waals surface area contributed by atoms with Crippen LogP contribution >= 0.6 is 0 Å². The quantitative estimate of drug-likeness (QED) is 0.304. The summed E-state index contributed by atoms with van der Waals surface area (Å²) in [6.45, 7) is -0.435. The fourth-order valence-corrected chi connectivity index (χ4v) is 2.22. The predicted octanol–water partition coefficient (Wildman–Crippen LogP) is -2.44. The van der Waals surface area contributed by atoms with E-state index in [1.807, 2.05) is 0 Å². The number of imidazole rings is 1. The van der Waals surface area contributed by atoms with Gasteiger partial charge in [0.2, 0.25) is 0 Å². The van der Waals surface area contributed by atoms with Crippen LogP contribution in [0.5, 0.6) is 0 Å². The zero-order chi connectivity index (χ0) is 14.4. The number of nitrogens with one attached hydrogen (secondary N) is 1. The lowest BCUT2D eigenvalue weighted by atomic mass is 10.1. The van der Waals surface area contributed by atoms with Gasteiger partial charge in [0.05, 0.1) is 12.9 Å². The molecule has 0 amide bonds. The highest BCUT2D eigenvalue weighted by Crippen LogP contribution is 2.30. The van der Waals surface area contributed by atoms with Crippen LogP contribution in [-0.4, -0.2) is 64.7 Å². The zero-order valence-electron chi connectivity index (χ0n) is 10.2. The van der Waals surface area contributed by atoms with Crippen LogP contribution in [0.25, 0.3) is 11.2 Å². The maximum atomic E-state index is 9.95. The summed E-state index contributed by atoms with van der Waals surface area (Å²) in [7, 11) is 0. The van der Waals surface area contributed by atoms with Crippen molar-refractivity contribution in [2.24, 2.45) is 0 Å². The number of rotatable bonds is 2. The molecule has 10 heteroatoms. The van der Waals surface area contributed by atoms with Crippen LogP contribution < -0.4 is 5.49 Å². The second-order valence-electron chi connectivity index (χ2n) is 4.49. The molecule has 2 aromatic heterocycles. The number of aromatic nitrogens is 4. The van der Waals surface area contributed by atoms with Crippen LogP contribution in [0.2, 0.25) is 0 Å². The molecule has 0 aliphatic carbocycles. The van der Waals surface area contributed by atoms with Crippen LogP contribution in [-0.2, 0) is 4.74 Å². The lowest BCUT2D eigenvalue weighted by molar-refractivity contribution is -0.0511. The molecule has 108 valence electrons. The lowest BCUT2D eigenvalue weighted by Crippen LogP contribution is -2.33. The first-order valence-electron chi connectivity index (χ1n) is 5.85. The molecule has 3 rings (SSSR count). The van der Waals surface area contributed by atoms with Crippen LogP contribution in [0.4, 0.5) is 0 Å². The highest BCUT2D eigenvalue weighted by molar-refractivity contribution is 5.68. The highest BCUT2D eigenvalue weighted by Gasteiger charge is 2.43. The van der Waals surface area contributed by atoms with Crippen LogP contribution in [0.1, 0.15) is 6.23 Å². The van der Waals surface area contributed by atoms with Crippen molar-refractivity contribution < 1.29 is 25.3 Å². The van der Waals surface area contributed by atoms with Gasteiger partial charge in [-0.25, -0.2) is 9.97 Å². The molecular formula is C10H13N5O5. The van der Waals surface area contributed by atoms with Crippen molar-refractivity contribution in [1.82, 2.24) is 19.3 Å². The van der Waals surface area contributed by atoms with Gasteiger partial charge in [-0.3, -0.25) is 9.98 Å². The molecule has 1 saturated heterocycles. The molecule has 1 aliphatic heterocycles. The van der Waals surface area contributed by atoms with Crippen molar-refractivity contribution >= 4 is 11.2 Å². The molecule has 20 heavy (non-hydrogen) atoms. The lowest BCUT2D eigenvalue weighted by Gasteiger charge is -2.16. The molecule has 1 aliphatic rings. The molecule has 3 heterocycles. The van der Waals surface area contributed by atoms with Crippen molar-refractivity contribution in [3.63, 3.8) is 0 Å². The largest absolute Gasteiger partial charge is 0.425 e. The molecule has 10 nitrogen and oxygen atoms in total. The topological polar surface area (TPSA) is 150 Å². The summed E-state index contributed by atoms with van der Waals surface area (Å²) >= 11 is 0. The summed E-state index contributed by atoms with van der Waals surface area (Å²) < 4.78 is 7.22. The van der Waals surface area contributed by atoms with E-state index in [2.05, 4.69) is 9.97 Å². The molecule has 5 N–H and O–H groups in total. The zero-order valence-corrected chi connectivity index (χ0v) is 10.2. The van der Waals surface area contributed by atoms with Crippen molar-refractivity contribution in [3.05, 3.63) is 18.1 Å². The van der Waals surface area contributed by atoms with Gasteiger partial charge in [-0.05, 0) is 0 Å². The molecule has 4 atom stereocenters. The summed E-state index contributed by atoms with van der Waals surface area (Å²) in [4.78, 5) is 7.85. The minimum atomic E-state index is -1.26. The van der Waals surface area contributed by atoms with E-state index < -0.39 is 31.1 Å². The van der Waals surface area contributed by atoms with Gasteiger partial charge in [0, 0.05) is 0 Å². The average Bonchev–Trinajstić information content (AvgIpc) is 2.98. The highest BCUT2D eigenvalue weighted by atomic mass is 16.6. The van der Waals surface area contributed by atoms with E-state index in [0.717, 1.165) is 6.33 Å². The van der Waals surface area contributed by atoms with Gasteiger partial charge in [0.25, 0.3) is 0 Å². The SMILES string of the molecule is [15NH]=c1c2[15n][13cH]n([C@@H]3O[C@H](CO)[C@@H](O)[C@H]3O)c2ncn1O. The Hall–Kier alpha value is -2.01. The van der Waals surface area contributed by atoms with E-state index in [0.29, 0.717) is 4.73 Å². The Bertz CT molecular complexity index is 697. The third-order valence-electron chi connectivity index (χ3n) is 3.30. The molecule has 0 spiro atoms. The van der Waals surface area contributed by atoms with Crippen molar-refractivity contribution in [1.29, 1.82) is 5.41 Å². The van der Waals surface area contributed by atoms with Gasteiger partial charge in [-0.15, -0.1) is 0 Å². The summed E-state index contributed by atoms with van der Waals surface area (Å²) in [6, 6.07) is 0. The third-order valence-corrected chi connectivity index (χ3v) is 3.30. The number of hydrogen-bond donors (Lipinski definition) is 5. The summed E-state index contributed by atoms with van der Waals surface area (Å²) in [6.07, 6.45) is -2.07. The average molecular weight is 286 g/mol. The van der Waals surface area contributed by atoms with Crippen molar-refractivity contribution in [3.8, 4) is 0 Å². The molecule has 0 bridgehead atoms. The Morgan fingerprint density at radius 3 is 2.65 bits per heavy atom. The smallest absolute Gasteiger partial charge is 0.192 e. The maximum absolute atomic E-state index is 9.95. The molecular weight excluding hydrogens is 273 g/mol. The predicted molar refractivity (Wildman–Crippen MR) is 61.6 cm³/mol. The van der Waals surface area contributed by atoms with Crippen LogP contribution in [0.15, 0.2) is 12.7 Å². The van der Waals surface area contributed by atoms with Gasteiger partial charge in [0.15, 0.2) is 22.9 Å². The van der Waals surface area contributed by atoms with Crippen molar-refractivity contribution in [2.45, 2.75) is 24.5 Å². The number of ether oxygens (including phenoxy) is 1. The fourth-order valence-electron chi connectivity index (χ4n) is 2.22. The first-order valence-corrected chi connectivity index (χ1v) is 5.85. The first-order chi connectivity index (χ1) is 9.54. The molecule has 0 radical (unpaired) electrons. The van der Waals surface area contributed by atoms with E-state index in [1.54, 1.807) is 0 Å². The summed E-state index contributed by atoms with van der Waals surface area (Å²) in [5.74, 6) is 0. The Kier molecular flexibility index (Phi) is 2.94. The first kappa shape index (κ1) is 13.0. The Labute approximate surface area is 111 Å². The van der Waals surface area contributed by atoms with E-state index in [-0.39, 0.29) is 16.7 Å². The molecule has 0 aromatic carbocycles. The summed E-state index contributed by atoms with van der Waals surface area (Å²) in [5.41, 5.74) is 0.0726. The van der Waals surface area contributed by atoms with Crippen LogP contribution in [0.3, 0.4) is 0 Å². The Morgan fingerprint density at radius 1 is 1.25 bits per heavy atom. The van der Waals surface area contributed by atoms with E-state index in [4.69, 9.17) is 15.3 Å². The standard InChI is InChI=1S/C10H13N5O5/c11-8-5-9(13-3-15(8)19)14(2-12-5)10-7(18)6(17)4(1-16)20-10/h2-4,6-7,10-11,16-19H,1H2/t4-,6-,7-,10-/m1/s1/i2+1,11+1,12+1. The minimum Gasteiger partial charge on any atom is -0.425 e. The molecule has 1 fully saturated rings. The second kappa shape index (κ2) is 4.52. The normalized spacial score (nSPS) is 30.1. The van der Waals surface area contributed by atoms with Gasteiger partial charge in [-0.2, -0.15) is 4.73 Å². The molecule has 0 saturated carbocycles.